The lowest BCUT2D eigenvalue weighted by Gasteiger charge is -2.37. The summed E-state index contributed by atoms with van der Waals surface area (Å²) in [6, 6.07) is 6.25. The molecule has 0 spiro atoms. The second-order valence-electron chi connectivity index (χ2n) is 8.04. The molecule has 1 saturated carbocycles. The van der Waals surface area contributed by atoms with Gasteiger partial charge in [0.15, 0.2) is 5.96 Å². The highest BCUT2D eigenvalue weighted by Gasteiger charge is 2.43. The Morgan fingerprint density at radius 1 is 1.19 bits per heavy atom. The van der Waals surface area contributed by atoms with Crippen molar-refractivity contribution in [2.24, 2.45) is 4.99 Å². The first-order valence-electron chi connectivity index (χ1n) is 10.6. The maximum Gasteiger partial charge on any atom is 0.573 e. The highest BCUT2D eigenvalue weighted by molar-refractivity contribution is 5.83. The number of carbonyl (C=O) groups is 1. The number of ether oxygens (including phenoxy) is 2. The molecule has 7 nitrogen and oxygen atoms in total. The molecule has 4 rings (SSSR count). The molecule has 0 bridgehead atoms. The van der Waals surface area contributed by atoms with Gasteiger partial charge < -0.3 is 24.6 Å². The summed E-state index contributed by atoms with van der Waals surface area (Å²) in [5.74, 6) is 0.535. The van der Waals surface area contributed by atoms with Gasteiger partial charge in [-0.15, -0.1) is 13.2 Å². The summed E-state index contributed by atoms with van der Waals surface area (Å²) in [6.07, 6.45) is -2.62. The van der Waals surface area contributed by atoms with E-state index in [1.54, 1.807) is 19.2 Å². The minimum absolute atomic E-state index is 0.0109. The SMILES string of the molecule is CN=C(NC1CC1c1ccccc1OC(F)(F)F)N1CCN(C(=O)C2CCCO2)CC1. The molecule has 0 radical (unpaired) electrons. The third kappa shape index (κ3) is 5.23. The fourth-order valence-electron chi connectivity index (χ4n) is 4.28. The van der Waals surface area contributed by atoms with Crippen molar-refractivity contribution >= 4 is 11.9 Å². The van der Waals surface area contributed by atoms with Crippen LogP contribution in [0.15, 0.2) is 29.3 Å². The molecular weight excluding hydrogens is 413 g/mol. The van der Waals surface area contributed by atoms with Gasteiger partial charge in [-0.05, 0) is 30.9 Å². The van der Waals surface area contributed by atoms with E-state index in [4.69, 9.17) is 4.74 Å². The van der Waals surface area contributed by atoms with Crippen molar-refractivity contribution in [3.8, 4) is 5.75 Å². The number of halogens is 3. The molecule has 2 saturated heterocycles. The summed E-state index contributed by atoms with van der Waals surface area (Å²) in [5, 5.41) is 3.36. The molecule has 1 aromatic carbocycles. The van der Waals surface area contributed by atoms with Gasteiger partial charge in [-0.2, -0.15) is 0 Å². The van der Waals surface area contributed by atoms with Crippen molar-refractivity contribution in [1.82, 2.24) is 15.1 Å². The Morgan fingerprint density at radius 3 is 2.55 bits per heavy atom. The highest BCUT2D eigenvalue weighted by Crippen LogP contribution is 2.45. The molecule has 10 heteroatoms. The van der Waals surface area contributed by atoms with Crippen LogP contribution >= 0.6 is 0 Å². The van der Waals surface area contributed by atoms with Crippen molar-refractivity contribution in [2.45, 2.75) is 43.7 Å². The molecule has 1 amide bonds. The number of nitrogens with one attached hydrogen (secondary N) is 1. The van der Waals surface area contributed by atoms with Crippen LogP contribution < -0.4 is 10.1 Å². The number of carbonyl (C=O) groups excluding carboxylic acids is 1. The van der Waals surface area contributed by atoms with Crippen LogP contribution in [0.3, 0.4) is 0 Å². The largest absolute Gasteiger partial charge is 0.573 e. The van der Waals surface area contributed by atoms with Crippen molar-refractivity contribution < 1.29 is 27.4 Å². The van der Waals surface area contributed by atoms with E-state index >= 15 is 0 Å². The van der Waals surface area contributed by atoms with Gasteiger partial charge in [0.1, 0.15) is 11.9 Å². The summed E-state index contributed by atoms with van der Waals surface area (Å²) in [5.41, 5.74) is 0.541. The molecule has 2 heterocycles. The normalized spacial score (nSPS) is 26.7. The standard InChI is InChI=1S/C21H27F3N4O3/c1-25-20(28-10-8-27(9-11-28)19(29)18-7-4-12-30-18)26-16-13-15(16)14-5-2-3-6-17(14)31-21(22,23)24/h2-3,5-6,15-16,18H,4,7-13H2,1H3,(H,25,26). The van der Waals surface area contributed by atoms with Gasteiger partial charge >= 0.3 is 6.36 Å². The second-order valence-corrected chi connectivity index (χ2v) is 8.04. The van der Waals surface area contributed by atoms with Crippen molar-refractivity contribution in [3.05, 3.63) is 29.8 Å². The summed E-state index contributed by atoms with van der Waals surface area (Å²) >= 11 is 0. The zero-order valence-electron chi connectivity index (χ0n) is 17.4. The van der Waals surface area contributed by atoms with Crippen LogP contribution in [0.5, 0.6) is 5.75 Å². The number of guanidine groups is 1. The first-order chi connectivity index (χ1) is 14.9. The number of aliphatic imine (C=N–C) groups is 1. The molecule has 0 aromatic heterocycles. The van der Waals surface area contributed by atoms with Crippen LogP contribution in [0.1, 0.15) is 30.7 Å². The van der Waals surface area contributed by atoms with Gasteiger partial charge in [0.25, 0.3) is 5.91 Å². The summed E-state index contributed by atoms with van der Waals surface area (Å²) in [4.78, 5) is 20.8. The zero-order chi connectivity index (χ0) is 22.0. The first kappa shape index (κ1) is 21.7. The third-order valence-electron chi connectivity index (χ3n) is 5.96. The Labute approximate surface area is 179 Å². The molecule has 3 unspecified atom stereocenters. The topological polar surface area (TPSA) is 66.4 Å². The van der Waals surface area contributed by atoms with Crippen molar-refractivity contribution in [3.63, 3.8) is 0 Å². The Kier molecular flexibility index (Phi) is 6.27. The molecular formula is C21H27F3N4O3. The van der Waals surface area contributed by atoms with E-state index in [0.717, 1.165) is 12.8 Å². The van der Waals surface area contributed by atoms with Gasteiger partial charge in [0.05, 0.1) is 0 Å². The lowest BCUT2D eigenvalue weighted by Crippen LogP contribution is -2.55. The van der Waals surface area contributed by atoms with Crippen LogP contribution in [0.25, 0.3) is 0 Å². The number of piperazine rings is 1. The first-order valence-corrected chi connectivity index (χ1v) is 10.6. The van der Waals surface area contributed by atoms with Gasteiger partial charge in [0, 0.05) is 51.8 Å². The molecule has 3 aliphatic rings. The summed E-state index contributed by atoms with van der Waals surface area (Å²) < 4.78 is 47.8. The van der Waals surface area contributed by atoms with E-state index in [1.165, 1.54) is 12.1 Å². The predicted octanol–water partition coefficient (Wildman–Crippen LogP) is 2.34. The average Bonchev–Trinajstić information content (AvgIpc) is 3.28. The molecule has 1 aliphatic carbocycles. The van der Waals surface area contributed by atoms with Crippen LogP contribution in [-0.2, 0) is 9.53 Å². The Hall–Kier alpha value is -2.49. The molecule has 31 heavy (non-hydrogen) atoms. The van der Waals surface area contributed by atoms with Crippen LogP contribution in [0, 0.1) is 0 Å². The number of amides is 1. The third-order valence-corrected chi connectivity index (χ3v) is 5.96. The molecule has 1 N–H and O–H groups in total. The number of alkyl halides is 3. The number of nitrogens with zero attached hydrogens (tertiary/aromatic N) is 3. The summed E-state index contributed by atoms with van der Waals surface area (Å²) in [7, 11) is 1.68. The van der Waals surface area contributed by atoms with Crippen LogP contribution in [-0.4, -0.2) is 80.0 Å². The lowest BCUT2D eigenvalue weighted by atomic mass is 10.1. The highest BCUT2D eigenvalue weighted by atomic mass is 19.4. The molecule has 1 aromatic rings. The quantitative estimate of drug-likeness (QED) is 0.575. The van der Waals surface area contributed by atoms with E-state index in [0.29, 0.717) is 50.7 Å². The minimum atomic E-state index is -4.72. The fraction of sp³-hybridized carbons (Fsp3) is 0.619. The van der Waals surface area contributed by atoms with E-state index < -0.39 is 6.36 Å². The monoisotopic (exact) mass is 440 g/mol. The Morgan fingerprint density at radius 2 is 1.90 bits per heavy atom. The van der Waals surface area contributed by atoms with Crippen molar-refractivity contribution in [1.29, 1.82) is 0 Å². The molecule has 3 fully saturated rings. The minimum Gasteiger partial charge on any atom is -0.405 e. The lowest BCUT2D eigenvalue weighted by molar-refractivity contribution is -0.274. The van der Waals surface area contributed by atoms with Crippen molar-refractivity contribution in [2.75, 3.05) is 39.8 Å². The number of benzene rings is 1. The number of rotatable bonds is 4. The second kappa shape index (κ2) is 8.94. The van der Waals surface area contributed by atoms with E-state index in [9.17, 15) is 18.0 Å². The van der Waals surface area contributed by atoms with Gasteiger partial charge in [0.2, 0.25) is 0 Å². The number of hydrogen-bond donors (Lipinski definition) is 1. The molecule has 170 valence electrons. The van der Waals surface area contributed by atoms with Gasteiger partial charge in [-0.3, -0.25) is 9.79 Å². The van der Waals surface area contributed by atoms with E-state index in [-0.39, 0.29) is 29.7 Å². The van der Waals surface area contributed by atoms with Crippen LogP contribution in [0.2, 0.25) is 0 Å². The van der Waals surface area contributed by atoms with Gasteiger partial charge in [-0.25, -0.2) is 0 Å². The van der Waals surface area contributed by atoms with E-state index in [1.807, 2.05) is 4.90 Å². The maximum atomic E-state index is 12.7. The zero-order valence-corrected chi connectivity index (χ0v) is 17.4. The smallest absolute Gasteiger partial charge is 0.405 e. The van der Waals surface area contributed by atoms with E-state index in [2.05, 4.69) is 19.9 Å². The molecule has 2 aliphatic heterocycles. The summed E-state index contributed by atoms with van der Waals surface area (Å²) in [6.45, 7) is 3.12. The molecule has 3 atom stereocenters. The number of hydrogen-bond acceptors (Lipinski definition) is 4. The predicted molar refractivity (Wildman–Crippen MR) is 108 cm³/mol. The number of para-hydroxylation sites is 1. The maximum absolute atomic E-state index is 12.7. The van der Waals surface area contributed by atoms with Gasteiger partial charge in [-0.1, -0.05) is 18.2 Å². The fourth-order valence-corrected chi connectivity index (χ4v) is 4.28. The Bertz CT molecular complexity index is 818. The Balaban J connectivity index is 1.31. The average molecular weight is 440 g/mol. The van der Waals surface area contributed by atoms with Crippen LogP contribution in [0.4, 0.5) is 13.2 Å².